The Hall–Kier alpha value is -2.28. The fourth-order valence-electron chi connectivity index (χ4n) is 1.67. The highest BCUT2D eigenvalue weighted by atomic mass is 16.5. The topological polar surface area (TPSA) is 98.0 Å². The van der Waals surface area contributed by atoms with Gasteiger partial charge in [-0.2, -0.15) is 0 Å². The van der Waals surface area contributed by atoms with E-state index in [1.165, 1.54) is 0 Å². The van der Waals surface area contributed by atoms with Gasteiger partial charge in [0.25, 0.3) is 5.91 Å². The lowest BCUT2D eigenvalue weighted by atomic mass is 10.2. The number of primary amides is 1. The van der Waals surface area contributed by atoms with Crippen LogP contribution in [0, 0.1) is 0 Å². The average molecular weight is 308 g/mol. The van der Waals surface area contributed by atoms with Crippen LogP contribution >= 0.6 is 0 Å². The molecule has 0 fully saturated rings. The van der Waals surface area contributed by atoms with Crippen molar-refractivity contribution in [3.05, 3.63) is 29.8 Å². The number of ether oxygens (including phenoxy) is 2. The molecule has 0 aromatic heterocycles. The van der Waals surface area contributed by atoms with E-state index in [0.717, 1.165) is 18.1 Å². The number of carbonyl (C=O) groups is 1. The van der Waals surface area contributed by atoms with Crippen molar-refractivity contribution < 1.29 is 14.3 Å². The molecule has 4 N–H and O–H groups in total. The quantitative estimate of drug-likeness (QED) is 0.345. The van der Waals surface area contributed by atoms with Crippen molar-refractivity contribution >= 4 is 11.9 Å². The lowest BCUT2D eigenvalue weighted by Crippen LogP contribution is -2.38. The zero-order chi connectivity index (χ0) is 16.2. The zero-order valence-corrected chi connectivity index (χ0v) is 13.1. The molecule has 0 aliphatic rings. The largest absolute Gasteiger partial charge is 0.484 e. The van der Waals surface area contributed by atoms with Gasteiger partial charge in [-0.1, -0.05) is 12.1 Å². The van der Waals surface area contributed by atoms with Gasteiger partial charge in [-0.25, -0.2) is 4.99 Å². The second-order valence-corrected chi connectivity index (χ2v) is 4.52. The number of hydrogen-bond donors (Lipinski definition) is 3. The molecule has 0 radical (unpaired) electrons. The Labute approximate surface area is 130 Å². The first kappa shape index (κ1) is 17.8. The summed E-state index contributed by atoms with van der Waals surface area (Å²) < 4.78 is 10.3. The number of nitrogens with two attached hydrogens (primary N) is 1. The summed E-state index contributed by atoms with van der Waals surface area (Å²) in [5, 5.41) is 6.33. The highest BCUT2D eigenvalue weighted by Crippen LogP contribution is 2.13. The number of carbonyl (C=O) groups excluding carboxylic acids is 1. The van der Waals surface area contributed by atoms with Gasteiger partial charge in [0.15, 0.2) is 12.6 Å². The zero-order valence-electron chi connectivity index (χ0n) is 13.1. The molecule has 7 heteroatoms. The molecule has 7 nitrogen and oxygen atoms in total. The van der Waals surface area contributed by atoms with E-state index in [9.17, 15) is 4.79 Å². The van der Waals surface area contributed by atoms with E-state index in [-0.39, 0.29) is 6.61 Å². The van der Waals surface area contributed by atoms with E-state index < -0.39 is 5.91 Å². The van der Waals surface area contributed by atoms with Crippen molar-refractivity contribution in [1.82, 2.24) is 10.6 Å². The molecule has 0 saturated carbocycles. The summed E-state index contributed by atoms with van der Waals surface area (Å²) in [7, 11) is 1.66. The fraction of sp³-hybridized carbons (Fsp3) is 0.467. The minimum Gasteiger partial charge on any atom is -0.484 e. The first-order chi connectivity index (χ1) is 10.7. The monoisotopic (exact) mass is 308 g/mol. The number of rotatable bonds is 9. The molecule has 22 heavy (non-hydrogen) atoms. The van der Waals surface area contributed by atoms with Gasteiger partial charge in [-0.05, 0) is 24.6 Å². The van der Waals surface area contributed by atoms with Crippen LogP contribution in [0.4, 0.5) is 0 Å². The molecule has 1 amide bonds. The molecule has 0 aliphatic carbocycles. The maximum absolute atomic E-state index is 10.7. The third-order valence-corrected chi connectivity index (χ3v) is 2.64. The number of methoxy groups -OCH3 is 1. The van der Waals surface area contributed by atoms with Gasteiger partial charge in [0, 0.05) is 20.2 Å². The highest BCUT2D eigenvalue weighted by Gasteiger charge is 2.01. The van der Waals surface area contributed by atoms with E-state index in [4.69, 9.17) is 15.2 Å². The number of hydrogen-bond acceptors (Lipinski definition) is 4. The molecule has 0 atom stereocenters. The van der Waals surface area contributed by atoms with Crippen LogP contribution < -0.4 is 21.1 Å². The number of nitrogens with one attached hydrogen (secondary N) is 2. The molecular weight excluding hydrogens is 284 g/mol. The molecule has 0 saturated heterocycles. The molecular formula is C15H24N4O3. The SMILES string of the molecule is CCNC(=NCc1cccc(OCC(N)=O)c1)NCCOC. The predicted octanol–water partition coefficient (Wildman–Crippen LogP) is 0.252. The van der Waals surface area contributed by atoms with Crippen LogP contribution in [0.25, 0.3) is 0 Å². The Morgan fingerprint density at radius 3 is 2.86 bits per heavy atom. The van der Waals surface area contributed by atoms with Crippen LogP contribution in [0.3, 0.4) is 0 Å². The molecule has 1 rings (SSSR count). The van der Waals surface area contributed by atoms with Gasteiger partial charge in [0.2, 0.25) is 0 Å². The summed E-state index contributed by atoms with van der Waals surface area (Å²) in [4.78, 5) is 15.2. The lowest BCUT2D eigenvalue weighted by Gasteiger charge is -2.11. The van der Waals surface area contributed by atoms with Crippen molar-refractivity contribution in [2.75, 3.05) is 33.4 Å². The van der Waals surface area contributed by atoms with Gasteiger partial charge in [0.05, 0.1) is 13.2 Å². The van der Waals surface area contributed by atoms with Gasteiger partial charge in [0.1, 0.15) is 5.75 Å². The maximum Gasteiger partial charge on any atom is 0.255 e. The average Bonchev–Trinajstić information content (AvgIpc) is 2.51. The van der Waals surface area contributed by atoms with Crippen LogP contribution in [0.2, 0.25) is 0 Å². The summed E-state index contributed by atoms with van der Waals surface area (Å²) in [6, 6.07) is 7.41. The second-order valence-electron chi connectivity index (χ2n) is 4.52. The Kier molecular flexibility index (Phi) is 8.44. The number of guanidine groups is 1. The normalized spacial score (nSPS) is 11.1. The number of nitrogens with zero attached hydrogens (tertiary/aromatic N) is 1. The van der Waals surface area contributed by atoms with Gasteiger partial charge in [-0.3, -0.25) is 4.79 Å². The first-order valence-electron chi connectivity index (χ1n) is 7.17. The molecule has 1 aromatic rings. The van der Waals surface area contributed by atoms with E-state index >= 15 is 0 Å². The molecule has 0 heterocycles. The van der Waals surface area contributed by atoms with Gasteiger partial charge >= 0.3 is 0 Å². The van der Waals surface area contributed by atoms with Crippen molar-refractivity contribution in [3.8, 4) is 5.75 Å². The molecule has 0 unspecified atom stereocenters. The number of aliphatic imine (C=N–C) groups is 1. The molecule has 0 spiro atoms. The summed E-state index contributed by atoms with van der Waals surface area (Å²) >= 11 is 0. The Morgan fingerprint density at radius 1 is 1.36 bits per heavy atom. The second kappa shape index (κ2) is 10.4. The lowest BCUT2D eigenvalue weighted by molar-refractivity contribution is -0.119. The number of benzene rings is 1. The highest BCUT2D eigenvalue weighted by molar-refractivity contribution is 5.79. The summed E-state index contributed by atoms with van der Waals surface area (Å²) in [5.74, 6) is 0.826. The maximum atomic E-state index is 10.7. The molecule has 0 aliphatic heterocycles. The van der Waals surface area contributed by atoms with Crippen molar-refractivity contribution in [2.24, 2.45) is 10.7 Å². The van der Waals surface area contributed by atoms with Gasteiger partial charge < -0.3 is 25.8 Å². The van der Waals surface area contributed by atoms with Crippen molar-refractivity contribution in [1.29, 1.82) is 0 Å². The van der Waals surface area contributed by atoms with E-state index in [1.807, 2.05) is 25.1 Å². The third-order valence-electron chi connectivity index (χ3n) is 2.64. The predicted molar refractivity (Wildman–Crippen MR) is 85.8 cm³/mol. The van der Waals surface area contributed by atoms with Crippen LogP contribution in [0.15, 0.2) is 29.3 Å². The fourth-order valence-corrected chi connectivity index (χ4v) is 1.67. The summed E-state index contributed by atoms with van der Waals surface area (Å²) in [6.07, 6.45) is 0. The van der Waals surface area contributed by atoms with Crippen molar-refractivity contribution in [3.63, 3.8) is 0 Å². The Balaban J connectivity index is 2.60. The smallest absolute Gasteiger partial charge is 0.255 e. The third kappa shape index (κ3) is 7.49. The summed E-state index contributed by atoms with van der Waals surface area (Å²) in [6.45, 7) is 4.45. The molecule has 0 bridgehead atoms. The molecule has 122 valence electrons. The van der Waals surface area contributed by atoms with E-state index in [2.05, 4.69) is 15.6 Å². The minimum absolute atomic E-state index is 0.131. The molecule has 1 aromatic carbocycles. The van der Waals surface area contributed by atoms with Gasteiger partial charge in [-0.15, -0.1) is 0 Å². The minimum atomic E-state index is -0.500. The Morgan fingerprint density at radius 2 is 2.18 bits per heavy atom. The number of amides is 1. The van der Waals surface area contributed by atoms with E-state index in [1.54, 1.807) is 13.2 Å². The Bertz CT molecular complexity index is 491. The van der Waals surface area contributed by atoms with Crippen molar-refractivity contribution in [2.45, 2.75) is 13.5 Å². The van der Waals surface area contributed by atoms with Crippen LogP contribution in [-0.4, -0.2) is 45.3 Å². The van der Waals surface area contributed by atoms with Crippen LogP contribution in [-0.2, 0) is 16.1 Å². The van der Waals surface area contributed by atoms with Crippen LogP contribution in [0.1, 0.15) is 12.5 Å². The first-order valence-corrected chi connectivity index (χ1v) is 7.17. The van der Waals surface area contributed by atoms with Crippen LogP contribution in [0.5, 0.6) is 5.75 Å². The summed E-state index contributed by atoms with van der Waals surface area (Å²) in [5.41, 5.74) is 6.03. The van der Waals surface area contributed by atoms with E-state index in [0.29, 0.717) is 25.4 Å². The standard InChI is InChI=1S/C15H24N4O3/c1-3-17-15(18-7-8-21-2)19-10-12-5-4-6-13(9-12)22-11-14(16)20/h4-6,9H,3,7-8,10-11H2,1-2H3,(H2,16,20)(H2,17,18,19).